The van der Waals surface area contributed by atoms with Gasteiger partial charge in [-0.2, -0.15) is 0 Å². The molecule has 2 N–H and O–H groups in total. The summed E-state index contributed by atoms with van der Waals surface area (Å²) in [6.07, 6.45) is 3.60. The molecule has 1 aromatic heterocycles. The van der Waals surface area contributed by atoms with Crippen LogP contribution in [0.1, 0.15) is 42.7 Å². The lowest BCUT2D eigenvalue weighted by molar-refractivity contribution is -0.143. The number of carbonyl (C=O) groups is 1. The van der Waals surface area contributed by atoms with E-state index in [9.17, 15) is 4.79 Å². The molecule has 0 saturated carbocycles. The standard InChI is InChI=1S/C11H16N2O2S/c1-2-15-9(14)6-7-4-3-5-8-10(7)13-11(12)16-8/h7H,2-6H2,1H3,(H2,12,13). The molecule has 1 aliphatic rings. The summed E-state index contributed by atoms with van der Waals surface area (Å²) in [6.45, 7) is 2.27. The first-order chi connectivity index (χ1) is 7.70. The van der Waals surface area contributed by atoms with Crippen molar-refractivity contribution in [2.24, 2.45) is 0 Å². The van der Waals surface area contributed by atoms with Crippen LogP contribution in [0.4, 0.5) is 5.13 Å². The maximum absolute atomic E-state index is 11.5. The van der Waals surface area contributed by atoms with E-state index in [0.29, 0.717) is 18.2 Å². The zero-order valence-corrected chi connectivity index (χ0v) is 10.2. The topological polar surface area (TPSA) is 65.2 Å². The second kappa shape index (κ2) is 4.82. The molecule has 1 aliphatic carbocycles. The third-order valence-corrected chi connectivity index (χ3v) is 3.77. The van der Waals surface area contributed by atoms with E-state index < -0.39 is 0 Å². The molecule has 0 bridgehead atoms. The molecule has 1 heterocycles. The molecule has 1 atom stereocenters. The minimum atomic E-state index is -0.132. The summed E-state index contributed by atoms with van der Waals surface area (Å²) in [5.74, 6) is 0.0725. The monoisotopic (exact) mass is 240 g/mol. The van der Waals surface area contributed by atoms with E-state index >= 15 is 0 Å². The number of nitrogen functional groups attached to an aromatic ring is 1. The van der Waals surface area contributed by atoms with Gasteiger partial charge in [-0.05, 0) is 26.2 Å². The number of fused-ring (bicyclic) bond motifs is 1. The van der Waals surface area contributed by atoms with Gasteiger partial charge in [0, 0.05) is 10.8 Å². The molecule has 88 valence electrons. The molecule has 0 spiro atoms. The Kier molecular flexibility index (Phi) is 3.43. The summed E-state index contributed by atoms with van der Waals surface area (Å²) in [4.78, 5) is 17.0. The highest BCUT2D eigenvalue weighted by Gasteiger charge is 2.26. The van der Waals surface area contributed by atoms with Crippen molar-refractivity contribution in [3.05, 3.63) is 10.6 Å². The Morgan fingerprint density at radius 2 is 2.50 bits per heavy atom. The van der Waals surface area contributed by atoms with Gasteiger partial charge < -0.3 is 10.5 Å². The first-order valence-corrected chi connectivity index (χ1v) is 6.43. The smallest absolute Gasteiger partial charge is 0.306 e. The number of aryl methyl sites for hydroxylation is 1. The van der Waals surface area contributed by atoms with Gasteiger partial charge in [0.25, 0.3) is 0 Å². The van der Waals surface area contributed by atoms with E-state index in [-0.39, 0.29) is 11.9 Å². The Hall–Kier alpha value is -1.10. The molecular formula is C11H16N2O2S. The minimum absolute atomic E-state index is 0.132. The number of nitrogens with two attached hydrogens (primary N) is 1. The summed E-state index contributed by atoms with van der Waals surface area (Å²) < 4.78 is 4.97. The van der Waals surface area contributed by atoms with Crippen LogP contribution in [0.2, 0.25) is 0 Å². The predicted octanol–water partition coefficient (Wildman–Crippen LogP) is 2.10. The van der Waals surface area contributed by atoms with E-state index in [0.717, 1.165) is 25.0 Å². The minimum Gasteiger partial charge on any atom is -0.466 e. The largest absolute Gasteiger partial charge is 0.466 e. The van der Waals surface area contributed by atoms with Gasteiger partial charge in [-0.3, -0.25) is 4.79 Å². The molecule has 0 fully saturated rings. The number of aromatic nitrogens is 1. The number of thiazole rings is 1. The van der Waals surface area contributed by atoms with Gasteiger partial charge in [0.2, 0.25) is 0 Å². The molecular weight excluding hydrogens is 224 g/mol. The van der Waals surface area contributed by atoms with Crippen molar-refractivity contribution in [2.45, 2.75) is 38.5 Å². The van der Waals surface area contributed by atoms with Gasteiger partial charge >= 0.3 is 5.97 Å². The number of esters is 1. The molecule has 0 aliphatic heterocycles. The third kappa shape index (κ3) is 2.35. The number of carbonyl (C=O) groups excluding carboxylic acids is 1. The lowest BCUT2D eigenvalue weighted by Crippen LogP contribution is -2.15. The normalized spacial score (nSPS) is 19.2. The lowest BCUT2D eigenvalue weighted by atomic mass is 9.88. The fourth-order valence-corrected chi connectivity index (χ4v) is 3.11. The van der Waals surface area contributed by atoms with Crippen LogP contribution in [0.5, 0.6) is 0 Å². The molecule has 16 heavy (non-hydrogen) atoms. The van der Waals surface area contributed by atoms with E-state index in [1.165, 1.54) is 4.88 Å². The molecule has 0 aromatic carbocycles. The molecule has 0 saturated heterocycles. The van der Waals surface area contributed by atoms with Crippen molar-refractivity contribution in [1.29, 1.82) is 0 Å². The number of hydrogen-bond acceptors (Lipinski definition) is 5. The summed E-state index contributed by atoms with van der Waals surface area (Å²) in [5.41, 5.74) is 6.73. The van der Waals surface area contributed by atoms with Crippen LogP contribution >= 0.6 is 11.3 Å². The van der Waals surface area contributed by atoms with E-state index in [1.54, 1.807) is 11.3 Å². The highest BCUT2D eigenvalue weighted by molar-refractivity contribution is 7.15. The second-order valence-corrected chi connectivity index (χ2v) is 5.07. The van der Waals surface area contributed by atoms with Crippen molar-refractivity contribution in [1.82, 2.24) is 4.98 Å². The zero-order valence-electron chi connectivity index (χ0n) is 9.36. The summed E-state index contributed by atoms with van der Waals surface area (Å²) in [5, 5.41) is 0.612. The highest BCUT2D eigenvalue weighted by atomic mass is 32.1. The van der Waals surface area contributed by atoms with E-state index in [4.69, 9.17) is 10.5 Å². The Labute approximate surface area is 98.8 Å². The highest BCUT2D eigenvalue weighted by Crippen LogP contribution is 2.37. The zero-order chi connectivity index (χ0) is 11.5. The third-order valence-electron chi connectivity index (χ3n) is 2.81. The first-order valence-electron chi connectivity index (χ1n) is 5.61. The van der Waals surface area contributed by atoms with Crippen molar-refractivity contribution >= 4 is 22.4 Å². The quantitative estimate of drug-likeness (QED) is 0.822. The number of ether oxygens (including phenoxy) is 1. The van der Waals surface area contributed by atoms with Crippen molar-refractivity contribution in [3.8, 4) is 0 Å². The average Bonchev–Trinajstić information content (AvgIpc) is 2.60. The molecule has 0 amide bonds. The molecule has 1 aromatic rings. The van der Waals surface area contributed by atoms with E-state index in [2.05, 4.69) is 4.98 Å². The van der Waals surface area contributed by atoms with Crippen LogP contribution in [-0.4, -0.2) is 17.6 Å². The second-order valence-electron chi connectivity index (χ2n) is 3.96. The fourth-order valence-electron chi connectivity index (χ4n) is 2.15. The molecule has 4 nitrogen and oxygen atoms in total. The fraction of sp³-hybridized carbons (Fsp3) is 0.636. The predicted molar refractivity (Wildman–Crippen MR) is 63.5 cm³/mol. The Bertz CT molecular complexity index is 389. The van der Waals surface area contributed by atoms with Gasteiger partial charge in [-0.15, -0.1) is 11.3 Å². The summed E-state index contributed by atoms with van der Waals surface area (Å²) in [6, 6.07) is 0. The number of anilines is 1. The SMILES string of the molecule is CCOC(=O)CC1CCCc2sc(N)nc21. The lowest BCUT2D eigenvalue weighted by Gasteiger charge is -2.19. The number of nitrogens with zero attached hydrogens (tertiary/aromatic N) is 1. The van der Waals surface area contributed by atoms with Crippen molar-refractivity contribution in [3.63, 3.8) is 0 Å². The van der Waals surface area contributed by atoms with Crippen LogP contribution in [0.15, 0.2) is 0 Å². The van der Waals surface area contributed by atoms with Crippen LogP contribution < -0.4 is 5.73 Å². The van der Waals surface area contributed by atoms with Gasteiger partial charge in [0.15, 0.2) is 5.13 Å². The van der Waals surface area contributed by atoms with Crippen LogP contribution in [0.25, 0.3) is 0 Å². The number of rotatable bonds is 3. The number of hydrogen-bond donors (Lipinski definition) is 1. The summed E-state index contributed by atoms with van der Waals surface area (Å²) >= 11 is 1.55. The Morgan fingerprint density at radius 1 is 1.69 bits per heavy atom. The van der Waals surface area contributed by atoms with Gasteiger partial charge in [0.1, 0.15) is 0 Å². The maximum atomic E-state index is 11.5. The molecule has 0 radical (unpaired) electrons. The molecule has 5 heteroatoms. The maximum Gasteiger partial charge on any atom is 0.306 e. The van der Waals surface area contributed by atoms with Crippen molar-refractivity contribution in [2.75, 3.05) is 12.3 Å². The average molecular weight is 240 g/mol. The van der Waals surface area contributed by atoms with Gasteiger partial charge in [0.05, 0.1) is 18.7 Å². The van der Waals surface area contributed by atoms with Crippen LogP contribution in [0.3, 0.4) is 0 Å². The van der Waals surface area contributed by atoms with Gasteiger partial charge in [-0.1, -0.05) is 0 Å². The van der Waals surface area contributed by atoms with E-state index in [1.807, 2.05) is 6.92 Å². The molecule has 1 unspecified atom stereocenters. The summed E-state index contributed by atoms with van der Waals surface area (Å²) in [7, 11) is 0. The first kappa shape index (κ1) is 11.4. The Balaban J connectivity index is 2.09. The molecule has 2 rings (SSSR count). The van der Waals surface area contributed by atoms with Gasteiger partial charge in [-0.25, -0.2) is 4.98 Å². The Morgan fingerprint density at radius 3 is 3.25 bits per heavy atom. The van der Waals surface area contributed by atoms with Crippen LogP contribution in [0, 0.1) is 0 Å². The van der Waals surface area contributed by atoms with Crippen LogP contribution in [-0.2, 0) is 16.0 Å². The van der Waals surface area contributed by atoms with Crippen molar-refractivity contribution < 1.29 is 9.53 Å².